The normalized spacial score (nSPS) is 15.4. The number of rotatable bonds is 7. The lowest BCUT2D eigenvalue weighted by Gasteiger charge is -2.30. The molecule has 0 spiro atoms. The number of piperidine rings is 1. The van der Waals surface area contributed by atoms with E-state index in [4.69, 9.17) is 4.52 Å². The molecule has 8 heteroatoms. The van der Waals surface area contributed by atoms with Crippen molar-refractivity contribution in [1.29, 1.82) is 0 Å². The first-order valence-electron chi connectivity index (χ1n) is 12.7. The van der Waals surface area contributed by atoms with Crippen LogP contribution in [0.1, 0.15) is 59.0 Å². The highest BCUT2D eigenvalue weighted by Gasteiger charge is 2.36. The standard InChI is InChI=1S/C29H35N3O4S/c1-6-23-9-7-8-10-26(23)30-29(33)24-13-15-32(16-14-24)37(34,35)28-22(5)31-36-27(28)12-11-25-20(3)17-19(2)18-21(25)4/h7-12,17-18,24H,6,13-16H2,1-5H3,(H,30,33)/b12-11+. The lowest BCUT2D eigenvalue weighted by Crippen LogP contribution is -2.41. The number of amides is 1. The number of carbonyl (C=O) groups excluding carboxylic acids is 1. The van der Waals surface area contributed by atoms with Crippen LogP contribution in [0.25, 0.3) is 12.2 Å². The molecule has 1 N–H and O–H groups in total. The summed E-state index contributed by atoms with van der Waals surface area (Å²) in [7, 11) is -3.84. The van der Waals surface area contributed by atoms with E-state index < -0.39 is 10.0 Å². The van der Waals surface area contributed by atoms with E-state index in [1.807, 2.05) is 51.1 Å². The number of anilines is 1. The summed E-state index contributed by atoms with van der Waals surface area (Å²) in [4.78, 5) is 13.0. The smallest absolute Gasteiger partial charge is 0.248 e. The molecule has 0 aliphatic carbocycles. The molecule has 0 atom stereocenters. The molecular formula is C29H35N3O4S. The van der Waals surface area contributed by atoms with Gasteiger partial charge >= 0.3 is 0 Å². The lowest BCUT2D eigenvalue weighted by molar-refractivity contribution is -0.120. The Morgan fingerprint density at radius 3 is 2.38 bits per heavy atom. The molecule has 1 fully saturated rings. The number of aryl methyl sites for hydroxylation is 5. The van der Waals surface area contributed by atoms with E-state index in [0.717, 1.165) is 34.4 Å². The maximum Gasteiger partial charge on any atom is 0.248 e. The number of benzene rings is 2. The van der Waals surface area contributed by atoms with Crippen molar-refractivity contribution in [3.05, 3.63) is 75.7 Å². The number of aromatic nitrogens is 1. The van der Waals surface area contributed by atoms with Gasteiger partial charge in [-0.2, -0.15) is 4.31 Å². The van der Waals surface area contributed by atoms with Gasteiger partial charge < -0.3 is 9.84 Å². The summed E-state index contributed by atoms with van der Waals surface area (Å²) in [6, 6.07) is 11.9. The largest absolute Gasteiger partial charge is 0.355 e. The molecule has 1 aliphatic rings. The number of sulfonamides is 1. The number of nitrogens with one attached hydrogen (secondary N) is 1. The van der Waals surface area contributed by atoms with Crippen LogP contribution in [0.3, 0.4) is 0 Å². The zero-order valence-electron chi connectivity index (χ0n) is 22.2. The van der Waals surface area contributed by atoms with Crippen molar-refractivity contribution in [2.24, 2.45) is 5.92 Å². The second kappa shape index (κ2) is 11.0. The quantitative estimate of drug-likeness (QED) is 0.432. The molecule has 1 aliphatic heterocycles. The van der Waals surface area contributed by atoms with Gasteiger partial charge in [0.2, 0.25) is 15.9 Å². The molecule has 3 aromatic rings. The van der Waals surface area contributed by atoms with E-state index >= 15 is 0 Å². The van der Waals surface area contributed by atoms with E-state index in [2.05, 4.69) is 29.5 Å². The predicted octanol–water partition coefficient (Wildman–Crippen LogP) is 5.68. The van der Waals surface area contributed by atoms with Crippen LogP contribution >= 0.6 is 0 Å². The van der Waals surface area contributed by atoms with Gasteiger partial charge in [-0.1, -0.05) is 54.1 Å². The molecule has 2 aromatic carbocycles. The fraction of sp³-hybridized carbons (Fsp3) is 0.379. The lowest BCUT2D eigenvalue weighted by atomic mass is 9.97. The maximum absolute atomic E-state index is 13.6. The zero-order valence-corrected chi connectivity index (χ0v) is 23.0. The molecule has 196 valence electrons. The Morgan fingerprint density at radius 2 is 1.73 bits per heavy atom. The molecular weight excluding hydrogens is 486 g/mol. The van der Waals surface area contributed by atoms with Gasteiger partial charge in [0.15, 0.2) is 10.7 Å². The fourth-order valence-electron chi connectivity index (χ4n) is 5.08. The van der Waals surface area contributed by atoms with E-state index in [1.54, 1.807) is 13.0 Å². The van der Waals surface area contributed by atoms with Crippen molar-refractivity contribution in [2.45, 2.75) is 58.8 Å². The van der Waals surface area contributed by atoms with Gasteiger partial charge in [0.25, 0.3) is 0 Å². The first-order chi connectivity index (χ1) is 17.6. The van der Waals surface area contributed by atoms with Gasteiger partial charge in [-0.25, -0.2) is 8.42 Å². The summed E-state index contributed by atoms with van der Waals surface area (Å²) in [6.45, 7) is 10.3. The Morgan fingerprint density at radius 1 is 1.08 bits per heavy atom. The molecule has 4 rings (SSSR count). The molecule has 0 unspecified atom stereocenters. The first kappa shape index (κ1) is 26.8. The number of hydrogen-bond acceptors (Lipinski definition) is 5. The minimum Gasteiger partial charge on any atom is -0.355 e. The number of para-hydroxylation sites is 1. The Bertz CT molecular complexity index is 1410. The topological polar surface area (TPSA) is 92.5 Å². The van der Waals surface area contributed by atoms with E-state index in [-0.39, 0.29) is 35.6 Å². The van der Waals surface area contributed by atoms with Crippen molar-refractivity contribution in [1.82, 2.24) is 9.46 Å². The second-order valence-corrected chi connectivity index (χ2v) is 11.7. The summed E-state index contributed by atoms with van der Waals surface area (Å²) in [6.07, 6.45) is 5.30. The van der Waals surface area contributed by atoms with Crippen molar-refractivity contribution in [3.63, 3.8) is 0 Å². The highest BCUT2D eigenvalue weighted by Crippen LogP contribution is 2.30. The van der Waals surface area contributed by atoms with Crippen LogP contribution in [0.5, 0.6) is 0 Å². The van der Waals surface area contributed by atoms with Crippen molar-refractivity contribution in [2.75, 3.05) is 18.4 Å². The first-order valence-corrected chi connectivity index (χ1v) is 14.2. The number of hydrogen-bond donors (Lipinski definition) is 1. The summed E-state index contributed by atoms with van der Waals surface area (Å²) in [5, 5.41) is 6.99. The minimum atomic E-state index is -3.84. The third-order valence-electron chi connectivity index (χ3n) is 7.05. The van der Waals surface area contributed by atoms with Crippen molar-refractivity contribution >= 4 is 33.8 Å². The molecule has 1 saturated heterocycles. The summed E-state index contributed by atoms with van der Waals surface area (Å²) >= 11 is 0. The number of nitrogens with zero attached hydrogens (tertiary/aromatic N) is 2. The Labute approximate surface area is 219 Å². The second-order valence-electron chi connectivity index (χ2n) is 9.79. The number of carbonyl (C=O) groups is 1. The summed E-state index contributed by atoms with van der Waals surface area (Å²) < 4.78 is 34.1. The van der Waals surface area contributed by atoms with Crippen molar-refractivity contribution in [3.8, 4) is 0 Å². The van der Waals surface area contributed by atoms with Gasteiger partial charge in [0.05, 0.1) is 0 Å². The van der Waals surface area contributed by atoms with Crippen LogP contribution in [-0.2, 0) is 21.2 Å². The summed E-state index contributed by atoms with van der Waals surface area (Å²) in [5.41, 5.74) is 6.65. The highest BCUT2D eigenvalue weighted by molar-refractivity contribution is 7.89. The van der Waals surface area contributed by atoms with Gasteiger partial charge in [0, 0.05) is 24.7 Å². The van der Waals surface area contributed by atoms with Crippen molar-refractivity contribution < 1.29 is 17.7 Å². The van der Waals surface area contributed by atoms with Gasteiger partial charge in [-0.05, 0) is 81.4 Å². The predicted molar refractivity (Wildman–Crippen MR) is 147 cm³/mol. The van der Waals surface area contributed by atoms with Crippen LogP contribution < -0.4 is 5.32 Å². The molecule has 0 radical (unpaired) electrons. The monoisotopic (exact) mass is 521 g/mol. The molecule has 37 heavy (non-hydrogen) atoms. The van der Waals surface area contributed by atoms with E-state index in [0.29, 0.717) is 18.5 Å². The molecule has 1 amide bonds. The average Bonchev–Trinajstić information content (AvgIpc) is 3.24. The molecule has 7 nitrogen and oxygen atoms in total. The van der Waals surface area contributed by atoms with Crippen LogP contribution in [0, 0.1) is 33.6 Å². The van der Waals surface area contributed by atoms with Gasteiger partial charge in [-0.15, -0.1) is 0 Å². The SMILES string of the molecule is CCc1ccccc1NC(=O)C1CCN(S(=O)(=O)c2c(C)noc2/C=C/c2c(C)cc(C)cc2C)CC1. The zero-order chi connectivity index (χ0) is 26.7. The molecule has 2 heterocycles. The Balaban J connectivity index is 1.48. The highest BCUT2D eigenvalue weighted by atomic mass is 32.2. The van der Waals surface area contributed by atoms with Crippen LogP contribution in [0.2, 0.25) is 0 Å². The average molecular weight is 522 g/mol. The Kier molecular flexibility index (Phi) is 7.99. The molecule has 0 bridgehead atoms. The summed E-state index contributed by atoms with van der Waals surface area (Å²) in [5.74, 6) is -0.0914. The minimum absolute atomic E-state index is 0.0634. The van der Waals surface area contributed by atoms with Crippen LogP contribution in [0.15, 0.2) is 45.8 Å². The molecule has 0 saturated carbocycles. The van der Waals surface area contributed by atoms with E-state index in [1.165, 1.54) is 9.87 Å². The third kappa shape index (κ3) is 5.70. The van der Waals surface area contributed by atoms with Crippen LogP contribution in [-0.4, -0.2) is 36.9 Å². The van der Waals surface area contributed by atoms with Gasteiger partial charge in [-0.3, -0.25) is 4.79 Å². The third-order valence-corrected chi connectivity index (χ3v) is 9.11. The molecule has 1 aromatic heterocycles. The maximum atomic E-state index is 13.6. The fourth-order valence-corrected chi connectivity index (χ4v) is 6.80. The van der Waals surface area contributed by atoms with Crippen LogP contribution in [0.4, 0.5) is 5.69 Å². The van der Waals surface area contributed by atoms with Gasteiger partial charge in [0.1, 0.15) is 5.69 Å². The van der Waals surface area contributed by atoms with E-state index in [9.17, 15) is 13.2 Å². The Hall–Kier alpha value is -3.23.